The van der Waals surface area contributed by atoms with E-state index in [1.807, 2.05) is 31.2 Å². The summed E-state index contributed by atoms with van der Waals surface area (Å²) in [4.78, 5) is 40.0. The van der Waals surface area contributed by atoms with E-state index in [1.165, 1.54) is 10.7 Å². The molecule has 0 unspecified atom stereocenters. The van der Waals surface area contributed by atoms with Crippen LogP contribution in [0.1, 0.15) is 23.6 Å². The first-order valence-electron chi connectivity index (χ1n) is 9.21. The van der Waals surface area contributed by atoms with Gasteiger partial charge in [0, 0.05) is 22.9 Å². The van der Waals surface area contributed by atoms with Gasteiger partial charge in [0.05, 0.1) is 11.3 Å². The first-order chi connectivity index (χ1) is 14.3. The molecule has 152 valence electrons. The monoisotopic (exact) mass is 406 g/mol. The van der Waals surface area contributed by atoms with Crippen LogP contribution in [-0.2, 0) is 9.59 Å². The number of hydrogen-bond acceptors (Lipinski definition) is 6. The zero-order valence-corrected chi connectivity index (χ0v) is 16.2. The number of amides is 2. The molecule has 30 heavy (non-hydrogen) atoms. The summed E-state index contributed by atoms with van der Waals surface area (Å²) in [5.74, 6) is -0.308. The second kappa shape index (κ2) is 7.39. The van der Waals surface area contributed by atoms with Crippen molar-refractivity contribution in [2.75, 3.05) is 10.6 Å². The van der Waals surface area contributed by atoms with E-state index in [-0.39, 0.29) is 29.7 Å². The Kier molecular flexibility index (Phi) is 4.74. The van der Waals surface area contributed by atoms with Crippen LogP contribution in [0.15, 0.2) is 42.5 Å². The molecule has 1 atom stereocenters. The van der Waals surface area contributed by atoms with Gasteiger partial charge in [-0.15, -0.1) is 5.10 Å². The fourth-order valence-electron chi connectivity index (χ4n) is 3.20. The van der Waals surface area contributed by atoms with Gasteiger partial charge in [0.25, 0.3) is 5.69 Å². The lowest BCUT2D eigenvalue weighted by atomic mass is 10.1. The van der Waals surface area contributed by atoms with Crippen LogP contribution in [0, 0.1) is 24.0 Å². The summed E-state index contributed by atoms with van der Waals surface area (Å²) in [7, 11) is 0. The van der Waals surface area contributed by atoms with E-state index in [9.17, 15) is 19.7 Å². The van der Waals surface area contributed by atoms with Gasteiger partial charge in [-0.05, 0) is 19.9 Å². The third-order valence-corrected chi connectivity index (χ3v) is 4.84. The fraction of sp³-hybridized carbons (Fsp3) is 0.200. The number of nitro benzene ring substituents is 1. The van der Waals surface area contributed by atoms with E-state index >= 15 is 0 Å². The SMILES string of the molecule is Cc1ccc(-c2nc3n(n2)[C@H](C(=O)Nc2ccc(C)c([N+](=O)[O-])c2)CC(=O)N3)cc1. The number of nitro groups is 1. The topological polar surface area (TPSA) is 132 Å². The zero-order chi connectivity index (χ0) is 21.4. The van der Waals surface area contributed by atoms with E-state index in [4.69, 9.17) is 0 Å². The number of rotatable bonds is 4. The van der Waals surface area contributed by atoms with Crippen LogP contribution in [0.5, 0.6) is 0 Å². The maximum absolute atomic E-state index is 12.9. The number of anilines is 2. The second-order valence-corrected chi connectivity index (χ2v) is 7.09. The zero-order valence-electron chi connectivity index (χ0n) is 16.2. The molecule has 1 aliphatic heterocycles. The smallest absolute Gasteiger partial charge is 0.274 e. The molecule has 2 N–H and O–H groups in total. The molecule has 2 heterocycles. The molecule has 2 aromatic carbocycles. The molecule has 2 amide bonds. The minimum Gasteiger partial charge on any atom is -0.324 e. The average molecular weight is 406 g/mol. The van der Waals surface area contributed by atoms with Crippen molar-refractivity contribution >= 4 is 29.1 Å². The standard InChI is InChI=1S/C20H18N6O4/c1-11-3-6-13(7-4-11)18-23-20-22-17(27)10-16(25(20)24-18)19(28)21-14-8-5-12(2)15(9-14)26(29)30/h3-9,16H,10H2,1-2H3,(H,21,28)(H,22,23,24,27)/t16-/m0/s1. The van der Waals surface area contributed by atoms with Crippen molar-refractivity contribution in [2.45, 2.75) is 26.3 Å². The Morgan fingerprint density at radius 2 is 1.97 bits per heavy atom. The number of benzene rings is 2. The van der Waals surface area contributed by atoms with Gasteiger partial charge in [-0.25, -0.2) is 4.68 Å². The largest absolute Gasteiger partial charge is 0.324 e. The summed E-state index contributed by atoms with van der Waals surface area (Å²) in [5.41, 5.74) is 2.49. The number of fused-ring (bicyclic) bond motifs is 1. The first kappa shape index (κ1) is 19.2. The van der Waals surface area contributed by atoms with Crippen molar-refractivity contribution in [3.05, 3.63) is 63.7 Å². The van der Waals surface area contributed by atoms with E-state index < -0.39 is 16.9 Å². The van der Waals surface area contributed by atoms with E-state index in [0.29, 0.717) is 11.4 Å². The normalized spacial score (nSPS) is 15.3. The predicted octanol–water partition coefficient (Wildman–Crippen LogP) is 2.99. The molecule has 1 aliphatic rings. The van der Waals surface area contributed by atoms with Crippen LogP contribution >= 0.6 is 0 Å². The predicted molar refractivity (Wildman–Crippen MR) is 109 cm³/mol. The molecular formula is C20H18N6O4. The maximum Gasteiger partial charge on any atom is 0.274 e. The molecule has 4 rings (SSSR count). The minimum absolute atomic E-state index is 0.0997. The van der Waals surface area contributed by atoms with Crippen molar-refractivity contribution in [1.29, 1.82) is 0 Å². The van der Waals surface area contributed by atoms with E-state index in [2.05, 4.69) is 20.7 Å². The number of nitrogens with one attached hydrogen (secondary N) is 2. The molecule has 0 aliphatic carbocycles. The molecule has 3 aromatic rings. The third-order valence-electron chi connectivity index (χ3n) is 4.84. The van der Waals surface area contributed by atoms with Crippen LogP contribution in [-0.4, -0.2) is 31.5 Å². The summed E-state index contributed by atoms with van der Waals surface area (Å²) >= 11 is 0. The summed E-state index contributed by atoms with van der Waals surface area (Å²) in [6.45, 7) is 3.58. The van der Waals surface area contributed by atoms with Crippen LogP contribution in [0.4, 0.5) is 17.3 Å². The van der Waals surface area contributed by atoms with Crippen molar-refractivity contribution in [2.24, 2.45) is 0 Å². The van der Waals surface area contributed by atoms with Crippen LogP contribution < -0.4 is 10.6 Å². The average Bonchev–Trinajstić information content (AvgIpc) is 3.12. The molecule has 0 saturated carbocycles. The van der Waals surface area contributed by atoms with Crippen LogP contribution in [0.2, 0.25) is 0 Å². The minimum atomic E-state index is -0.930. The first-order valence-corrected chi connectivity index (χ1v) is 9.21. The number of nitrogens with zero attached hydrogens (tertiary/aromatic N) is 4. The molecule has 0 saturated heterocycles. The Hall–Kier alpha value is -4.08. The summed E-state index contributed by atoms with van der Waals surface area (Å²) in [6, 6.07) is 11.0. The molecular weight excluding hydrogens is 388 g/mol. The molecule has 10 heteroatoms. The van der Waals surface area contributed by atoms with Gasteiger partial charge < -0.3 is 5.32 Å². The summed E-state index contributed by atoms with van der Waals surface area (Å²) in [6.07, 6.45) is -0.122. The molecule has 0 fully saturated rings. The highest BCUT2D eigenvalue weighted by molar-refractivity contribution is 6.01. The Bertz CT molecular complexity index is 1170. The lowest BCUT2D eigenvalue weighted by molar-refractivity contribution is -0.385. The van der Waals surface area contributed by atoms with Gasteiger partial charge >= 0.3 is 0 Å². The molecule has 0 radical (unpaired) electrons. The van der Waals surface area contributed by atoms with Crippen LogP contribution in [0.25, 0.3) is 11.4 Å². The van der Waals surface area contributed by atoms with Crippen LogP contribution in [0.3, 0.4) is 0 Å². The number of aromatic nitrogens is 3. The molecule has 0 bridgehead atoms. The second-order valence-electron chi connectivity index (χ2n) is 7.09. The Morgan fingerprint density at radius 1 is 1.23 bits per heavy atom. The van der Waals surface area contributed by atoms with Crippen molar-refractivity contribution in [3.8, 4) is 11.4 Å². The number of carbonyl (C=O) groups excluding carboxylic acids is 2. The van der Waals surface area contributed by atoms with E-state index in [1.54, 1.807) is 19.1 Å². The van der Waals surface area contributed by atoms with Gasteiger partial charge in [-0.3, -0.25) is 25.0 Å². The highest BCUT2D eigenvalue weighted by atomic mass is 16.6. The molecule has 10 nitrogen and oxygen atoms in total. The fourth-order valence-corrected chi connectivity index (χ4v) is 3.20. The Balaban J connectivity index is 1.63. The summed E-state index contributed by atoms with van der Waals surface area (Å²) < 4.78 is 1.37. The number of carbonyl (C=O) groups is 2. The quantitative estimate of drug-likeness (QED) is 0.506. The Morgan fingerprint density at radius 3 is 2.67 bits per heavy atom. The van der Waals surface area contributed by atoms with Gasteiger partial charge in [-0.1, -0.05) is 35.9 Å². The highest BCUT2D eigenvalue weighted by Crippen LogP contribution is 2.28. The van der Waals surface area contributed by atoms with Gasteiger partial charge in [-0.2, -0.15) is 4.98 Å². The van der Waals surface area contributed by atoms with Gasteiger partial charge in [0.15, 0.2) is 5.82 Å². The molecule has 1 aromatic heterocycles. The maximum atomic E-state index is 12.9. The van der Waals surface area contributed by atoms with Gasteiger partial charge in [0.2, 0.25) is 17.8 Å². The lowest BCUT2D eigenvalue weighted by Gasteiger charge is -2.22. The van der Waals surface area contributed by atoms with E-state index in [0.717, 1.165) is 11.1 Å². The number of hydrogen-bond donors (Lipinski definition) is 2. The number of aryl methyl sites for hydroxylation is 2. The lowest BCUT2D eigenvalue weighted by Crippen LogP contribution is -2.36. The van der Waals surface area contributed by atoms with Crippen molar-refractivity contribution in [3.63, 3.8) is 0 Å². The highest BCUT2D eigenvalue weighted by Gasteiger charge is 2.33. The van der Waals surface area contributed by atoms with Crippen molar-refractivity contribution < 1.29 is 14.5 Å². The molecule has 0 spiro atoms. The van der Waals surface area contributed by atoms with Gasteiger partial charge in [0.1, 0.15) is 6.04 Å². The van der Waals surface area contributed by atoms with Crippen molar-refractivity contribution in [1.82, 2.24) is 14.8 Å². The Labute approximate surface area is 171 Å². The summed E-state index contributed by atoms with van der Waals surface area (Å²) in [5, 5.41) is 20.8. The third kappa shape index (κ3) is 3.62.